The van der Waals surface area contributed by atoms with Crippen molar-refractivity contribution in [3.8, 4) is 22.3 Å². The lowest BCUT2D eigenvalue weighted by atomic mass is 10.1. The van der Waals surface area contributed by atoms with Gasteiger partial charge in [-0.05, 0) is 75.5 Å². The Labute approximate surface area is 179 Å². The number of thiophene rings is 2. The molecule has 146 valence electrons. The highest BCUT2D eigenvalue weighted by Crippen LogP contribution is 2.25. The first-order chi connectivity index (χ1) is 14.4. The largest absolute Gasteiger partial charge is 0.355 e. The minimum atomic E-state index is 0.957. The normalized spacial score (nSPS) is 14.8. The Hall–Kier alpha value is -2.70. The van der Waals surface area contributed by atoms with Gasteiger partial charge in [-0.2, -0.15) is 22.7 Å². The topological polar surface area (TPSA) is 32.3 Å². The lowest BCUT2D eigenvalue weighted by Crippen LogP contribution is -2.31. The van der Waals surface area contributed by atoms with E-state index >= 15 is 0 Å². The van der Waals surface area contributed by atoms with Crippen LogP contribution in [-0.4, -0.2) is 36.1 Å². The summed E-state index contributed by atoms with van der Waals surface area (Å²) in [7, 11) is 0. The van der Waals surface area contributed by atoms with Crippen LogP contribution < -0.4 is 9.80 Å². The third-order valence-electron chi connectivity index (χ3n) is 5.35. The van der Waals surface area contributed by atoms with Crippen LogP contribution in [0.25, 0.3) is 22.3 Å². The third kappa shape index (κ3) is 4.04. The van der Waals surface area contributed by atoms with Crippen LogP contribution in [0.2, 0.25) is 0 Å². The Kier molecular flexibility index (Phi) is 5.28. The monoisotopic (exact) mass is 418 g/mol. The molecule has 5 heterocycles. The molecule has 1 fully saturated rings. The van der Waals surface area contributed by atoms with Gasteiger partial charge in [-0.1, -0.05) is 0 Å². The van der Waals surface area contributed by atoms with Crippen molar-refractivity contribution in [2.75, 3.05) is 36.0 Å². The van der Waals surface area contributed by atoms with Crippen LogP contribution in [0.15, 0.2) is 70.3 Å². The van der Waals surface area contributed by atoms with Crippen molar-refractivity contribution < 1.29 is 0 Å². The van der Waals surface area contributed by atoms with Crippen molar-refractivity contribution in [2.24, 2.45) is 0 Å². The van der Waals surface area contributed by atoms with E-state index in [1.165, 1.54) is 22.3 Å². The van der Waals surface area contributed by atoms with E-state index in [0.717, 1.165) is 44.2 Å². The minimum Gasteiger partial charge on any atom is -0.355 e. The summed E-state index contributed by atoms with van der Waals surface area (Å²) < 4.78 is 0. The maximum Gasteiger partial charge on any atom is 0.128 e. The van der Waals surface area contributed by atoms with Crippen LogP contribution in [0.5, 0.6) is 0 Å². The fraction of sp³-hybridized carbons (Fsp3) is 0.217. The van der Waals surface area contributed by atoms with Gasteiger partial charge in [0.1, 0.15) is 11.6 Å². The van der Waals surface area contributed by atoms with Crippen LogP contribution in [0.3, 0.4) is 0 Å². The molecule has 0 radical (unpaired) electrons. The maximum absolute atomic E-state index is 4.74. The van der Waals surface area contributed by atoms with E-state index in [1.54, 1.807) is 22.7 Å². The second kappa shape index (κ2) is 8.35. The standard InChI is InChI=1S/C23H22N4S2/c1-8-26(22-4-2-18(14-24-22)20-6-12-28-16-20)10-11-27(9-1)23-5-3-19(15-25-23)21-7-13-29-17-21/h2-7,12-17H,1,8-11H2. The van der Waals surface area contributed by atoms with E-state index in [9.17, 15) is 0 Å². The molecule has 0 N–H and O–H groups in total. The fourth-order valence-corrected chi connectivity index (χ4v) is 5.05. The van der Waals surface area contributed by atoms with Crippen molar-refractivity contribution in [3.05, 3.63) is 70.3 Å². The summed E-state index contributed by atoms with van der Waals surface area (Å²) in [6.45, 7) is 3.96. The highest BCUT2D eigenvalue weighted by atomic mass is 32.1. The Morgan fingerprint density at radius 2 is 1.10 bits per heavy atom. The van der Waals surface area contributed by atoms with Crippen LogP contribution in [0.4, 0.5) is 11.6 Å². The third-order valence-corrected chi connectivity index (χ3v) is 6.72. The van der Waals surface area contributed by atoms with Crippen LogP contribution >= 0.6 is 22.7 Å². The summed E-state index contributed by atoms with van der Waals surface area (Å²) in [5, 5.41) is 8.54. The zero-order chi connectivity index (χ0) is 19.5. The summed E-state index contributed by atoms with van der Waals surface area (Å²) >= 11 is 3.44. The molecule has 5 rings (SSSR count). The Bertz CT molecular complexity index is 940. The zero-order valence-electron chi connectivity index (χ0n) is 16.1. The van der Waals surface area contributed by atoms with E-state index in [2.05, 4.69) is 67.7 Å². The highest BCUT2D eigenvalue weighted by Gasteiger charge is 2.17. The first-order valence-electron chi connectivity index (χ1n) is 9.84. The molecule has 1 aliphatic rings. The number of anilines is 2. The van der Waals surface area contributed by atoms with Gasteiger partial charge in [0.05, 0.1) is 0 Å². The number of hydrogen-bond donors (Lipinski definition) is 0. The van der Waals surface area contributed by atoms with Crippen molar-refractivity contribution in [3.63, 3.8) is 0 Å². The van der Waals surface area contributed by atoms with Gasteiger partial charge in [-0.25, -0.2) is 9.97 Å². The molecule has 4 aromatic rings. The number of pyridine rings is 2. The lowest BCUT2D eigenvalue weighted by Gasteiger charge is -2.23. The molecule has 0 unspecified atom stereocenters. The first kappa shape index (κ1) is 18.3. The Morgan fingerprint density at radius 3 is 1.48 bits per heavy atom. The highest BCUT2D eigenvalue weighted by molar-refractivity contribution is 7.08. The molecule has 0 aliphatic carbocycles. The second-order valence-electron chi connectivity index (χ2n) is 7.16. The van der Waals surface area contributed by atoms with E-state index in [1.807, 2.05) is 12.4 Å². The van der Waals surface area contributed by atoms with Gasteiger partial charge >= 0.3 is 0 Å². The summed E-state index contributed by atoms with van der Waals surface area (Å²) in [6, 6.07) is 12.9. The molecule has 6 heteroatoms. The zero-order valence-corrected chi connectivity index (χ0v) is 17.7. The summed E-state index contributed by atoms with van der Waals surface area (Å²) in [4.78, 5) is 14.2. The maximum atomic E-state index is 4.74. The molecule has 4 nitrogen and oxygen atoms in total. The average Bonchev–Trinajstić information content (AvgIpc) is 3.45. The van der Waals surface area contributed by atoms with Crippen LogP contribution in [-0.2, 0) is 0 Å². The fourth-order valence-electron chi connectivity index (χ4n) is 3.72. The molecule has 0 amide bonds. The lowest BCUT2D eigenvalue weighted by molar-refractivity contribution is 0.794. The molecule has 0 bridgehead atoms. The van der Waals surface area contributed by atoms with E-state index in [-0.39, 0.29) is 0 Å². The molecule has 0 saturated carbocycles. The molecule has 29 heavy (non-hydrogen) atoms. The number of nitrogens with zero attached hydrogens (tertiary/aromatic N) is 4. The van der Waals surface area contributed by atoms with Gasteiger partial charge in [0, 0.05) is 49.7 Å². The average molecular weight is 419 g/mol. The van der Waals surface area contributed by atoms with Gasteiger partial charge in [0.15, 0.2) is 0 Å². The summed E-state index contributed by atoms with van der Waals surface area (Å²) in [5.41, 5.74) is 4.85. The second-order valence-corrected chi connectivity index (χ2v) is 8.72. The quantitative estimate of drug-likeness (QED) is 0.429. The predicted molar refractivity (Wildman–Crippen MR) is 124 cm³/mol. The predicted octanol–water partition coefficient (Wildman–Crippen LogP) is 5.65. The van der Waals surface area contributed by atoms with Gasteiger partial charge in [-0.3, -0.25) is 0 Å². The molecule has 0 atom stereocenters. The van der Waals surface area contributed by atoms with E-state index in [4.69, 9.17) is 9.97 Å². The summed E-state index contributed by atoms with van der Waals surface area (Å²) in [5.74, 6) is 2.12. The van der Waals surface area contributed by atoms with Gasteiger partial charge in [-0.15, -0.1) is 0 Å². The van der Waals surface area contributed by atoms with Gasteiger partial charge in [0.25, 0.3) is 0 Å². The minimum absolute atomic E-state index is 0.957. The van der Waals surface area contributed by atoms with Gasteiger partial charge in [0.2, 0.25) is 0 Å². The summed E-state index contributed by atoms with van der Waals surface area (Å²) in [6.07, 6.45) is 5.08. The molecular formula is C23H22N4S2. The molecule has 0 aromatic carbocycles. The first-order valence-corrected chi connectivity index (χ1v) is 11.7. The molecule has 0 spiro atoms. The van der Waals surface area contributed by atoms with Crippen molar-refractivity contribution in [2.45, 2.75) is 6.42 Å². The SMILES string of the molecule is c1cc(-c2ccc(N3CCCN(c4ccc(-c5ccsc5)cn4)CC3)nc2)cs1. The van der Waals surface area contributed by atoms with Crippen molar-refractivity contribution in [1.82, 2.24) is 9.97 Å². The van der Waals surface area contributed by atoms with Crippen LogP contribution in [0, 0.1) is 0 Å². The number of rotatable bonds is 4. The Balaban J connectivity index is 1.25. The molecule has 1 saturated heterocycles. The smallest absolute Gasteiger partial charge is 0.128 e. The van der Waals surface area contributed by atoms with Crippen molar-refractivity contribution in [1.29, 1.82) is 0 Å². The van der Waals surface area contributed by atoms with Gasteiger partial charge < -0.3 is 9.80 Å². The molecule has 1 aliphatic heterocycles. The number of hydrogen-bond acceptors (Lipinski definition) is 6. The van der Waals surface area contributed by atoms with E-state index < -0.39 is 0 Å². The number of aromatic nitrogens is 2. The van der Waals surface area contributed by atoms with E-state index in [0.29, 0.717) is 0 Å². The molecule has 4 aromatic heterocycles. The molecular weight excluding hydrogens is 396 g/mol. The van der Waals surface area contributed by atoms with Crippen molar-refractivity contribution >= 4 is 34.3 Å². The Morgan fingerprint density at radius 1 is 0.586 bits per heavy atom. The van der Waals surface area contributed by atoms with Crippen LogP contribution in [0.1, 0.15) is 6.42 Å².